The van der Waals surface area contributed by atoms with Crippen LogP contribution < -0.4 is 5.32 Å². The highest BCUT2D eigenvalue weighted by Crippen LogP contribution is 2.23. The molecule has 1 N–H and O–H groups in total. The molecule has 1 aliphatic rings. The Labute approximate surface area is 144 Å². The number of likely N-dealkylation sites (tertiary alicyclic amines) is 1. The molecule has 0 aromatic heterocycles. The average molecular weight is 332 g/mol. The molecule has 2 rings (SSSR count). The van der Waals surface area contributed by atoms with Crippen molar-refractivity contribution in [2.24, 2.45) is 5.92 Å². The molecule has 2 atom stereocenters. The van der Waals surface area contributed by atoms with Crippen molar-refractivity contribution in [2.45, 2.75) is 38.7 Å². The number of amides is 2. The van der Waals surface area contributed by atoms with E-state index in [1.807, 2.05) is 42.2 Å². The number of hydrogen-bond acceptors (Lipinski definition) is 3. The monoisotopic (exact) mass is 332 g/mol. The number of nitrogens with one attached hydrogen (secondary N) is 1. The van der Waals surface area contributed by atoms with Crippen LogP contribution in [0.2, 0.25) is 0 Å². The van der Waals surface area contributed by atoms with Crippen molar-refractivity contribution in [1.82, 2.24) is 10.2 Å². The number of carbonyl (C=O) groups is 2. The van der Waals surface area contributed by atoms with Gasteiger partial charge in [0.25, 0.3) is 5.91 Å². The van der Waals surface area contributed by atoms with Gasteiger partial charge in [0, 0.05) is 33.2 Å². The van der Waals surface area contributed by atoms with Gasteiger partial charge in [0.1, 0.15) is 0 Å². The van der Waals surface area contributed by atoms with Gasteiger partial charge in [0.15, 0.2) is 6.10 Å². The van der Waals surface area contributed by atoms with E-state index in [0.717, 1.165) is 31.4 Å². The van der Waals surface area contributed by atoms with Gasteiger partial charge in [0.05, 0.1) is 0 Å². The van der Waals surface area contributed by atoms with Gasteiger partial charge < -0.3 is 15.0 Å². The van der Waals surface area contributed by atoms with Crippen LogP contribution in [0.1, 0.15) is 44.3 Å². The van der Waals surface area contributed by atoms with Gasteiger partial charge in [-0.3, -0.25) is 9.59 Å². The fourth-order valence-electron chi connectivity index (χ4n) is 3.18. The molecular weight excluding hydrogens is 304 g/mol. The summed E-state index contributed by atoms with van der Waals surface area (Å²) < 4.78 is 5.46. The molecule has 132 valence electrons. The molecule has 0 unspecified atom stereocenters. The van der Waals surface area contributed by atoms with E-state index in [0.29, 0.717) is 25.4 Å². The maximum atomic E-state index is 12.8. The first kappa shape index (κ1) is 18.5. The standard InChI is InChI=1S/C19H28N2O3/c1-3-8-17(22)20-13-15-9-7-12-21(14-15)19(23)18(24-2)16-10-5-4-6-11-16/h4-6,10-11,15,18H,3,7-9,12-14H2,1-2H3,(H,20,22)/t15-,18+/m0/s1. The van der Waals surface area contributed by atoms with Gasteiger partial charge in [-0.25, -0.2) is 0 Å². The van der Waals surface area contributed by atoms with E-state index in [2.05, 4.69) is 5.32 Å². The summed E-state index contributed by atoms with van der Waals surface area (Å²) in [7, 11) is 1.57. The van der Waals surface area contributed by atoms with E-state index in [4.69, 9.17) is 4.74 Å². The summed E-state index contributed by atoms with van der Waals surface area (Å²) in [5.41, 5.74) is 0.878. The summed E-state index contributed by atoms with van der Waals surface area (Å²) in [6.45, 7) is 4.07. The lowest BCUT2D eigenvalue weighted by atomic mass is 9.96. The number of ether oxygens (including phenoxy) is 1. The molecule has 2 amide bonds. The van der Waals surface area contributed by atoms with Gasteiger partial charge in [-0.2, -0.15) is 0 Å². The zero-order valence-corrected chi connectivity index (χ0v) is 14.7. The summed E-state index contributed by atoms with van der Waals surface area (Å²) in [4.78, 5) is 26.3. The first-order valence-corrected chi connectivity index (χ1v) is 8.79. The Kier molecular flexibility index (Phi) is 7.25. The fraction of sp³-hybridized carbons (Fsp3) is 0.579. The molecule has 1 aromatic carbocycles. The van der Waals surface area contributed by atoms with Crippen LogP contribution in [0.25, 0.3) is 0 Å². The van der Waals surface area contributed by atoms with Crippen LogP contribution >= 0.6 is 0 Å². The van der Waals surface area contributed by atoms with Crippen molar-refractivity contribution in [3.05, 3.63) is 35.9 Å². The van der Waals surface area contributed by atoms with E-state index in [1.54, 1.807) is 7.11 Å². The molecule has 5 heteroatoms. The second-order valence-corrected chi connectivity index (χ2v) is 6.37. The quantitative estimate of drug-likeness (QED) is 0.835. The Balaban J connectivity index is 1.93. The van der Waals surface area contributed by atoms with Gasteiger partial charge in [-0.05, 0) is 30.7 Å². The topological polar surface area (TPSA) is 58.6 Å². The third-order valence-electron chi connectivity index (χ3n) is 4.46. The first-order valence-electron chi connectivity index (χ1n) is 8.79. The zero-order valence-electron chi connectivity index (χ0n) is 14.7. The Hall–Kier alpha value is -1.88. The van der Waals surface area contributed by atoms with Gasteiger partial charge in [0.2, 0.25) is 5.91 Å². The van der Waals surface area contributed by atoms with E-state index >= 15 is 0 Å². The van der Waals surface area contributed by atoms with Crippen molar-refractivity contribution in [3.8, 4) is 0 Å². The van der Waals surface area contributed by atoms with E-state index in [-0.39, 0.29) is 11.8 Å². The third-order valence-corrected chi connectivity index (χ3v) is 4.46. The van der Waals surface area contributed by atoms with Crippen LogP contribution in [-0.4, -0.2) is 43.5 Å². The third kappa shape index (κ3) is 5.06. The summed E-state index contributed by atoms with van der Waals surface area (Å²) in [6.07, 6.45) is 2.87. The summed E-state index contributed by atoms with van der Waals surface area (Å²) in [5.74, 6) is 0.421. The molecule has 1 aliphatic heterocycles. The Morgan fingerprint density at radius 1 is 1.33 bits per heavy atom. The highest BCUT2D eigenvalue weighted by molar-refractivity contribution is 5.82. The minimum absolute atomic E-state index is 0.00767. The summed E-state index contributed by atoms with van der Waals surface area (Å²) in [6, 6.07) is 9.58. The smallest absolute Gasteiger partial charge is 0.256 e. The molecule has 0 spiro atoms. The van der Waals surface area contributed by atoms with Crippen molar-refractivity contribution in [1.29, 1.82) is 0 Å². The van der Waals surface area contributed by atoms with E-state index < -0.39 is 6.10 Å². The van der Waals surface area contributed by atoms with Gasteiger partial charge in [-0.15, -0.1) is 0 Å². The minimum atomic E-state index is -0.556. The van der Waals surface area contributed by atoms with Gasteiger partial charge >= 0.3 is 0 Å². The molecule has 1 fully saturated rings. The number of carbonyl (C=O) groups excluding carboxylic acids is 2. The molecular formula is C19H28N2O3. The minimum Gasteiger partial charge on any atom is -0.367 e. The molecule has 5 nitrogen and oxygen atoms in total. The number of nitrogens with zero attached hydrogens (tertiary/aromatic N) is 1. The highest BCUT2D eigenvalue weighted by Gasteiger charge is 2.29. The molecule has 0 bridgehead atoms. The number of rotatable bonds is 7. The molecule has 24 heavy (non-hydrogen) atoms. The highest BCUT2D eigenvalue weighted by atomic mass is 16.5. The van der Waals surface area contributed by atoms with Crippen LogP contribution in [0.15, 0.2) is 30.3 Å². The molecule has 1 heterocycles. The number of piperidine rings is 1. The molecule has 0 saturated carbocycles. The first-order chi connectivity index (χ1) is 11.7. The molecule has 1 saturated heterocycles. The SMILES string of the molecule is CCCC(=O)NC[C@@H]1CCCN(C(=O)[C@H](OC)c2ccccc2)C1. The summed E-state index contributed by atoms with van der Waals surface area (Å²) in [5, 5.41) is 2.98. The van der Waals surface area contributed by atoms with Crippen LogP contribution in [0.5, 0.6) is 0 Å². The van der Waals surface area contributed by atoms with Crippen molar-refractivity contribution < 1.29 is 14.3 Å². The van der Waals surface area contributed by atoms with Crippen LogP contribution in [0.4, 0.5) is 0 Å². The predicted molar refractivity (Wildman–Crippen MR) is 93.4 cm³/mol. The van der Waals surface area contributed by atoms with Crippen LogP contribution in [0, 0.1) is 5.92 Å². The molecule has 0 radical (unpaired) electrons. The van der Waals surface area contributed by atoms with Gasteiger partial charge in [-0.1, -0.05) is 37.3 Å². The second kappa shape index (κ2) is 9.42. The average Bonchev–Trinajstić information content (AvgIpc) is 2.62. The zero-order chi connectivity index (χ0) is 17.4. The largest absolute Gasteiger partial charge is 0.367 e. The maximum Gasteiger partial charge on any atom is 0.256 e. The lowest BCUT2D eigenvalue weighted by Crippen LogP contribution is -2.45. The lowest BCUT2D eigenvalue weighted by Gasteiger charge is -2.34. The number of benzene rings is 1. The lowest BCUT2D eigenvalue weighted by molar-refractivity contribution is -0.144. The number of hydrogen-bond donors (Lipinski definition) is 1. The van der Waals surface area contributed by atoms with Crippen molar-refractivity contribution in [2.75, 3.05) is 26.7 Å². The Morgan fingerprint density at radius 3 is 2.75 bits per heavy atom. The Morgan fingerprint density at radius 2 is 2.08 bits per heavy atom. The Bertz CT molecular complexity index is 533. The molecule has 0 aliphatic carbocycles. The van der Waals surface area contributed by atoms with E-state index in [9.17, 15) is 9.59 Å². The summed E-state index contributed by atoms with van der Waals surface area (Å²) >= 11 is 0. The predicted octanol–water partition coefficient (Wildman–Crippen LogP) is 2.53. The second-order valence-electron chi connectivity index (χ2n) is 6.37. The fourth-order valence-corrected chi connectivity index (χ4v) is 3.18. The van der Waals surface area contributed by atoms with E-state index in [1.165, 1.54) is 0 Å². The van der Waals surface area contributed by atoms with Crippen molar-refractivity contribution >= 4 is 11.8 Å². The normalized spacial score (nSPS) is 18.9. The van der Waals surface area contributed by atoms with Crippen molar-refractivity contribution in [3.63, 3.8) is 0 Å². The van der Waals surface area contributed by atoms with Crippen LogP contribution in [-0.2, 0) is 14.3 Å². The van der Waals surface area contributed by atoms with Crippen LogP contribution in [0.3, 0.4) is 0 Å². The molecule has 1 aromatic rings. The maximum absolute atomic E-state index is 12.8. The number of methoxy groups -OCH3 is 1.